The predicted molar refractivity (Wildman–Crippen MR) is 53.3 cm³/mol. The average Bonchev–Trinajstić information content (AvgIpc) is 2.21. The zero-order chi connectivity index (χ0) is 17.1. The molecule has 0 spiro atoms. The van der Waals surface area contributed by atoms with E-state index in [2.05, 4.69) is 5.32 Å². The van der Waals surface area contributed by atoms with Gasteiger partial charge >= 0.3 is 24.2 Å². The summed E-state index contributed by atoms with van der Waals surface area (Å²) >= 11 is 0. The first-order valence-electron chi connectivity index (χ1n) is 5.74. The van der Waals surface area contributed by atoms with Crippen LogP contribution in [0.25, 0.3) is 0 Å². The smallest absolute Gasteiger partial charge is 0.317 e. The molecule has 0 saturated carbocycles. The van der Waals surface area contributed by atoms with Gasteiger partial charge < -0.3 is 5.32 Å². The van der Waals surface area contributed by atoms with E-state index in [1.807, 2.05) is 0 Å². The van der Waals surface area contributed by atoms with Gasteiger partial charge in [-0.2, -0.15) is 43.9 Å². The molecule has 21 heavy (non-hydrogen) atoms. The fourth-order valence-electron chi connectivity index (χ4n) is 1.52. The number of hydrogen-bond donors (Lipinski definition) is 1. The molecule has 0 atom stereocenters. The molecule has 0 aromatic heterocycles. The Morgan fingerprint density at radius 2 is 1.05 bits per heavy atom. The van der Waals surface area contributed by atoms with E-state index in [4.69, 9.17) is 0 Å². The molecule has 0 unspecified atom stereocenters. The molecule has 1 N–H and O–H groups in total. The van der Waals surface area contributed by atoms with Gasteiger partial charge in [0, 0.05) is 12.8 Å². The van der Waals surface area contributed by atoms with E-state index in [1.54, 1.807) is 0 Å². The fraction of sp³-hybridized carbons (Fsp3) is 1.00. The topological polar surface area (TPSA) is 12.0 Å². The highest BCUT2D eigenvalue weighted by molar-refractivity contribution is 4.86. The Kier molecular flexibility index (Phi) is 6.34. The number of halogens is 10. The Morgan fingerprint density at radius 3 is 1.29 bits per heavy atom. The maximum absolute atomic E-state index is 12.8. The third-order valence-corrected chi connectivity index (χ3v) is 2.60. The van der Waals surface area contributed by atoms with Gasteiger partial charge in [-0.25, -0.2) is 0 Å². The molecule has 0 heterocycles. The molecule has 0 rings (SSSR count). The minimum Gasteiger partial charge on any atom is -0.317 e. The zero-order valence-electron chi connectivity index (χ0n) is 10.7. The van der Waals surface area contributed by atoms with Crippen molar-refractivity contribution in [2.24, 2.45) is 5.92 Å². The largest absolute Gasteiger partial charge is 0.453 e. The van der Waals surface area contributed by atoms with E-state index in [-0.39, 0.29) is 6.54 Å². The van der Waals surface area contributed by atoms with Gasteiger partial charge in [-0.1, -0.05) is 6.92 Å². The third kappa shape index (κ3) is 5.87. The summed E-state index contributed by atoms with van der Waals surface area (Å²) in [6.07, 6.45) is -16.3. The molecule has 0 fully saturated rings. The van der Waals surface area contributed by atoms with Crippen LogP contribution in [0.1, 0.15) is 19.8 Å². The maximum atomic E-state index is 12.8. The summed E-state index contributed by atoms with van der Waals surface area (Å²) in [7, 11) is 0. The molecule has 0 radical (unpaired) electrons. The van der Waals surface area contributed by atoms with Crippen LogP contribution in [0.2, 0.25) is 0 Å². The van der Waals surface area contributed by atoms with Crippen molar-refractivity contribution in [3.8, 4) is 0 Å². The quantitative estimate of drug-likeness (QED) is 0.680. The van der Waals surface area contributed by atoms with Gasteiger partial charge in [0.1, 0.15) is 0 Å². The second kappa shape index (κ2) is 6.57. The Balaban J connectivity index is 5.07. The highest BCUT2D eigenvalue weighted by atomic mass is 19.4. The molecular weight excluding hydrogens is 324 g/mol. The first-order valence-corrected chi connectivity index (χ1v) is 5.74. The lowest BCUT2D eigenvalue weighted by Crippen LogP contribution is -2.44. The van der Waals surface area contributed by atoms with Gasteiger partial charge in [0.25, 0.3) is 0 Å². The van der Waals surface area contributed by atoms with Crippen LogP contribution in [0.4, 0.5) is 43.9 Å². The van der Waals surface area contributed by atoms with Gasteiger partial charge in [0.15, 0.2) is 0 Å². The Morgan fingerprint density at radius 1 is 0.714 bits per heavy atom. The van der Waals surface area contributed by atoms with Crippen LogP contribution < -0.4 is 5.32 Å². The third-order valence-electron chi connectivity index (χ3n) is 2.60. The molecule has 0 aliphatic carbocycles. The van der Waals surface area contributed by atoms with Gasteiger partial charge in [-0.15, -0.1) is 0 Å². The molecule has 0 aliphatic rings. The van der Waals surface area contributed by atoms with Crippen LogP contribution >= 0.6 is 0 Å². The highest BCUT2D eigenvalue weighted by Crippen LogP contribution is 2.45. The number of rotatable bonds is 7. The SMILES string of the molecule is CCNCC(CC(F)(F)C(F)(F)F)CC(F)(F)C(F)(F)F. The van der Waals surface area contributed by atoms with Crippen molar-refractivity contribution in [2.75, 3.05) is 13.1 Å². The minimum atomic E-state index is -6.01. The lowest BCUT2D eigenvalue weighted by molar-refractivity contribution is -0.301. The summed E-state index contributed by atoms with van der Waals surface area (Å²) in [4.78, 5) is 0. The van der Waals surface area contributed by atoms with Crippen LogP contribution in [0.5, 0.6) is 0 Å². The number of nitrogens with one attached hydrogen (secondary N) is 1. The summed E-state index contributed by atoms with van der Waals surface area (Å²) in [5, 5.41) is 2.20. The Hall–Kier alpha value is -0.740. The molecule has 0 saturated heterocycles. The second-order valence-electron chi connectivity index (χ2n) is 4.49. The van der Waals surface area contributed by atoms with Crippen LogP contribution in [0.3, 0.4) is 0 Å². The van der Waals surface area contributed by atoms with Crippen molar-refractivity contribution < 1.29 is 43.9 Å². The molecular formula is C10H13F10N. The van der Waals surface area contributed by atoms with Crippen molar-refractivity contribution in [1.29, 1.82) is 0 Å². The highest BCUT2D eigenvalue weighted by Gasteiger charge is 2.61. The summed E-state index contributed by atoms with van der Waals surface area (Å²) < 4.78 is 123. The standard InChI is InChI=1S/C10H13F10N/c1-2-21-5-6(3-7(11,12)9(15,16)17)4-8(13,14)10(18,19)20/h6,21H,2-5H2,1H3. The van der Waals surface area contributed by atoms with Gasteiger partial charge in [-0.05, 0) is 19.0 Å². The summed E-state index contributed by atoms with van der Waals surface area (Å²) in [5.41, 5.74) is 0. The van der Waals surface area contributed by atoms with Crippen LogP contribution in [-0.2, 0) is 0 Å². The lowest BCUT2D eigenvalue weighted by Gasteiger charge is -2.29. The van der Waals surface area contributed by atoms with Gasteiger partial charge in [-0.3, -0.25) is 0 Å². The molecule has 0 aliphatic heterocycles. The molecule has 0 aromatic rings. The lowest BCUT2D eigenvalue weighted by atomic mass is 9.93. The fourth-order valence-corrected chi connectivity index (χ4v) is 1.52. The molecule has 0 amide bonds. The van der Waals surface area contributed by atoms with E-state index in [0.29, 0.717) is 0 Å². The van der Waals surface area contributed by atoms with Crippen molar-refractivity contribution >= 4 is 0 Å². The van der Waals surface area contributed by atoms with Crippen molar-refractivity contribution in [3.05, 3.63) is 0 Å². The number of alkyl halides is 10. The van der Waals surface area contributed by atoms with Crippen LogP contribution in [-0.4, -0.2) is 37.3 Å². The maximum Gasteiger partial charge on any atom is 0.453 e. The Labute approximate surface area is 113 Å². The number of hydrogen-bond acceptors (Lipinski definition) is 1. The normalized spacial score (nSPS) is 14.9. The van der Waals surface area contributed by atoms with Crippen LogP contribution in [0, 0.1) is 5.92 Å². The van der Waals surface area contributed by atoms with Crippen LogP contribution in [0.15, 0.2) is 0 Å². The van der Waals surface area contributed by atoms with E-state index >= 15 is 0 Å². The molecule has 0 bridgehead atoms. The molecule has 11 heteroatoms. The van der Waals surface area contributed by atoms with Gasteiger partial charge in [0.2, 0.25) is 0 Å². The monoisotopic (exact) mass is 337 g/mol. The first kappa shape index (κ1) is 20.3. The summed E-state index contributed by atoms with van der Waals surface area (Å²) in [6, 6.07) is 0. The summed E-state index contributed by atoms with van der Waals surface area (Å²) in [5.74, 6) is -12.9. The predicted octanol–water partition coefficient (Wildman–Crippen LogP) is 4.39. The molecule has 0 aromatic carbocycles. The van der Waals surface area contributed by atoms with E-state index in [0.717, 1.165) is 0 Å². The summed E-state index contributed by atoms with van der Waals surface area (Å²) in [6.45, 7) is 0.598. The second-order valence-corrected chi connectivity index (χ2v) is 4.49. The molecule has 128 valence electrons. The Bertz CT molecular complexity index is 291. The zero-order valence-corrected chi connectivity index (χ0v) is 10.7. The first-order chi connectivity index (χ1) is 9.14. The van der Waals surface area contributed by atoms with Crippen molar-refractivity contribution in [1.82, 2.24) is 5.32 Å². The molecule has 1 nitrogen and oxygen atoms in total. The van der Waals surface area contributed by atoms with E-state index < -0.39 is 49.5 Å². The average molecular weight is 337 g/mol. The van der Waals surface area contributed by atoms with E-state index in [9.17, 15) is 43.9 Å². The van der Waals surface area contributed by atoms with Gasteiger partial charge in [0.05, 0.1) is 0 Å². The van der Waals surface area contributed by atoms with Crippen molar-refractivity contribution in [3.63, 3.8) is 0 Å². The van der Waals surface area contributed by atoms with E-state index in [1.165, 1.54) is 6.92 Å². The minimum absolute atomic E-state index is 0.0195. The van der Waals surface area contributed by atoms with Crippen molar-refractivity contribution in [2.45, 2.75) is 44.0 Å².